The summed E-state index contributed by atoms with van der Waals surface area (Å²) in [5.41, 5.74) is 3.74. The van der Waals surface area contributed by atoms with Gasteiger partial charge in [0.05, 0.1) is 5.69 Å². The second-order valence-corrected chi connectivity index (χ2v) is 5.19. The summed E-state index contributed by atoms with van der Waals surface area (Å²) in [6.45, 7) is 5.28. The van der Waals surface area contributed by atoms with E-state index in [1.54, 1.807) is 0 Å². The van der Waals surface area contributed by atoms with E-state index in [0.29, 0.717) is 6.04 Å². The summed E-state index contributed by atoms with van der Waals surface area (Å²) < 4.78 is 2.06. The van der Waals surface area contributed by atoms with Crippen molar-refractivity contribution in [3.05, 3.63) is 42.1 Å². The van der Waals surface area contributed by atoms with Gasteiger partial charge in [0.2, 0.25) is 0 Å². The minimum absolute atomic E-state index is 0.386. The zero-order chi connectivity index (χ0) is 13.1. The van der Waals surface area contributed by atoms with Crippen LogP contribution in [-0.2, 0) is 6.54 Å². The highest BCUT2D eigenvalue weighted by atomic mass is 15.3. The fourth-order valence-corrected chi connectivity index (χ4v) is 2.10. The van der Waals surface area contributed by atoms with Crippen LogP contribution >= 0.6 is 0 Å². The Kier molecular flexibility index (Phi) is 3.82. The summed E-state index contributed by atoms with van der Waals surface area (Å²) in [7, 11) is 4.17. The van der Waals surface area contributed by atoms with Crippen LogP contribution in [0.15, 0.2) is 36.5 Å². The van der Waals surface area contributed by atoms with Gasteiger partial charge < -0.3 is 4.90 Å². The van der Waals surface area contributed by atoms with Crippen LogP contribution in [0, 0.1) is 0 Å². The fourth-order valence-electron chi connectivity index (χ4n) is 2.10. The largest absolute Gasteiger partial charge is 0.305 e. The summed E-state index contributed by atoms with van der Waals surface area (Å²) in [5, 5.41) is 4.37. The number of aromatic nitrogens is 2. The zero-order valence-electron chi connectivity index (χ0n) is 11.6. The third-order valence-corrected chi connectivity index (χ3v) is 2.91. The van der Waals surface area contributed by atoms with E-state index >= 15 is 0 Å². The van der Waals surface area contributed by atoms with Crippen LogP contribution in [0.1, 0.15) is 25.5 Å². The van der Waals surface area contributed by atoms with E-state index < -0.39 is 0 Å². The average Bonchev–Trinajstić information content (AvgIpc) is 2.78. The summed E-state index contributed by atoms with van der Waals surface area (Å²) in [5.74, 6) is 0. The number of benzene rings is 1. The molecule has 0 radical (unpaired) electrons. The average molecular weight is 243 g/mol. The first-order valence-corrected chi connectivity index (χ1v) is 6.35. The van der Waals surface area contributed by atoms with E-state index in [-0.39, 0.29) is 0 Å². The molecule has 1 aromatic heterocycles. The van der Waals surface area contributed by atoms with Crippen molar-refractivity contribution in [2.75, 3.05) is 14.1 Å². The molecule has 0 amide bonds. The molecule has 2 aromatic rings. The van der Waals surface area contributed by atoms with Crippen LogP contribution in [0.4, 0.5) is 0 Å². The third-order valence-electron chi connectivity index (χ3n) is 2.91. The van der Waals surface area contributed by atoms with Crippen LogP contribution in [0.25, 0.3) is 11.3 Å². The molecule has 0 saturated heterocycles. The second kappa shape index (κ2) is 5.36. The van der Waals surface area contributed by atoms with Gasteiger partial charge in [-0.25, -0.2) is 0 Å². The summed E-state index contributed by atoms with van der Waals surface area (Å²) >= 11 is 0. The first-order valence-electron chi connectivity index (χ1n) is 6.35. The molecule has 0 atom stereocenters. The molecule has 3 nitrogen and oxygen atoms in total. The molecule has 0 saturated carbocycles. The number of rotatable bonds is 4. The predicted molar refractivity (Wildman–Crippen MR) is 75.4 cm³/mol. The maximum atomic E-state index is 4.37. The monoisotopic (exact) mass is 243 g/mol. The molecule has 2 rings (SSSR count). The van der Waals surface area contributed by atoms with Crippen molar-refractivity contribution < 1.29 is 0 Å². The Bertz CT molecular complexity index is 495. The number of hydrogen-bond donors (Lipinski definition) is 0. The van der Waals surface area contributed by atoms with Crippen molar-refractivity contribution in [1.29, 1.82) is 0 Å². The lowest BCUT2D eigenvalue weighted by Gasteiger charge is -2.12. The van der Waals surface area contributed by atoms with Gasteiger partial charge in [0.1, 0.15) is 0 Å². The second-order valence-electron chi connectivity index (χ2n) is 5.19. The Balaban J connectivity index is 2.26. The Morgan fingerprint density at radius 3 is 2.33 bits per heavy atom. The van der Waals surface area contributed by atoms with Gasteiger partial charge in [-0.05, 0) is 45.1 Å². The number of nitrogens with zero attached hydrogens (tertiary/aromatic N) is 3. The molecule has 1 aromatic carbocycles. The van der Waals surface area contributed by atoms with Crippen LogP contribution in [-0.4, -0.2) is 28.8 Å². The van der Waals surface area contributed by atoms with Crippen LogP contribution < -0.4 is 0 Å². The molecule has 0 spiro atoms. The Morgan fingerprint density at radius 1 is 1.11 bits per heavy atom. The van der Waals surface area contributed by atoms with Gasteiger partial charge >= 0.3 is 0 Å². The van der Waals surface area contributed by atoms with Crippen molar-refractivity contribution >= 4 is 0 Å². The molecule has 0 aliphatic carbocycles. The van der Waals surface area contributed by atoms with Crippen molar-refractivity contribution in [2.45, 2.75) is 26.4 Å². The summed E-state index contributed by atoms with van der Waals surface area (Å²) in [6, 6.07) is 11.2. The van der Waals surface area contributed by atoms with Gasteiger partial charge in [-0.1, -0.05) is 24.3 Å². The third kappa shape index (κ3) is 2.79. The Morgan fingerprint density at radius 2 is 1.78 bits per heavy atom. The van der Waals surface area contributed by atoms with E-state index in [0.717, 1.165) is 6.54 Å². The molecule has 0 aliphatic rings. The SMILES string of the molecule is CC(C)n1nccc1-c1ccc(CN(C)C)cc1. The molecule has 3 heteroatoms. The van der Waals surface area contributed by atoms with Gasteiger partial charge in [0, 0.05) is 18.8 Å². The highest BCUT2D eigenvalue weighted by Crippen LogP contribution is 2.22. The van der Waals surface area contributed by atoms with E-state index in [1.165, 1.54) is 16.8 Å². The van der Waals surface area contributed by atoms with Crippen molar-refractivity contribution in [2.24, 2.45) is 0 Å². The Hall–Kier alpha value is -1.61. The molecule has 1 heterocycles. The molecule has 0 aliphatic heterocycles. The van der Waals surface area contributed by atoms with Crippen molar-refractivity contribution in [3.63, 3.8) is 0 Å². The minimum Gasteiger partial charge on any atom is -0.305 e. The van der Waals surface area contributed by atoms with Crippen LogP contribution in [0.2, 0.25) is 0 Å². The number of hydrogen-bond acceptors (Lipinski definition) is 2. The van der Waals surface area contributed by atoms with Gasteiger partial charge in [-0.15, -0.1) is 0 Å². The first kappa shape index (κ1) is 12.8. The first-order chi connectivity index (χ1) is 8.58. The smallest absolute Gasteiger partial charge is 0.0685 e. The lowest BCUT2D eigenvalue weighted by molar-refractivity contribution is 0.402. The fraction of sp³-hybridized carbons (Fsp3) is 0.400. The molecule has 96 valence electrons. The van der Waals surface area contributed by atoms with E-state index in [4.69, 9.17) is 0 Å². The lowest BCUT2D eigenvalue weighted by Crippen LogP contribution is -2.10. The lowest BCUT2D eigenvalue weighted by atomic mass is 10.1. The summed E-state index contributed by atoms with van der Waals surface area (Å²) in [4.78, 5) is 2.17. The normalized spacial score (nSPS) is 11.4. The Labute approximate surface area is 109 Å². The summed E-state index contributed by atoms with van der Waals surface area (Å²) in [6.07, 6.45) is 1.86. The van der Waals surface area contributed by atoms with Crippen molar-refractivity contribution in [3.8, 4) is 11.3 Å². The quantitative estimate of drug-likeness (QED) is 0.822. The molecule has 0 fully saturated rings. The molecule has 0 N–H and O–H groups in total. The zero-order valence-corrected chi connectivity index (χ0v) is 11.6. The minimum atomic E-state index is 0.386. The molecule has 0 unspecified atom stereocenters. The molecule has 0 bridgehead atoms. The van der Waals surface area contributed by atoms with Gasteiger partial charge in [-0.2, -0.15) is 5.10 Å². The van der Waals surface area contributed by atoms with Crippen LogP contribution in [0.5, 0.6) is 0 Å². The van der Waals surface area contributed by atoms with Crippen molar-refractivity contribution in [1.82, 2.24) is 14.7 Å². The van der Waals surface area contributed by atoms with E-state index in [1.807, 2.05) is 6.20 Å². The maximum Gasteiger partial charge on any atom is 0.0685 e. The maximum absolute atomic E-state index is 4.37. The predicted octanol–water partition coefficient (Wildman–Crippen LogP) is 3.19. The highest BCUT2D eigenvalue weighted by molar-refractivity contribution is 5.59. The highest BCUT2D eigenvalue weighted by Gasteiger charge is 2.07. The standard InChI is InChI=1S/C15H21N3/c1-12(2)18-15(9-10-16-18)14-7-5-13(6-8-14)11-17(3)4/h5-10,12H,11H2,1-4H3. The van der Waals surface area contributed by atoms with Crippen LogP contribution in [0.3, 0.4) is 0 Å². The van der Waals surface area contributed by atoms with E-state index in [2.05, 4.69) is 73.0 Å². The van der Waals surface area contributed by atoms with Gasteiger partial charge in [-0.3, -0.25) is 4.68 Å². The molecular formula is C15H21N3. The molecular weight excluding hydrogens is 222 g/mol. The molecule has 18 heavy (non-hydrogen) atoms. The van der Waals surface area contributed by atoms with E-state index in [9.17, 15) is 0 Å². The van der Waals surface area contributed by atoms with Gasteiger partial charge in [0.15, 0.2) is 0 Å². The van der Waals surface area contributed by atoms with Gasteiger partial charge in [0.25, 0.3) is 0 Å². The topological polar surface area (TPSA) is 21.1 Å².